The number of anilines is 1. The molecule has 0 atom stereocenters. The molecule has 0 N–H and O–H groups in total. The highest BCUT2D eigenvalue weighted by atomic mass is 32.1. The average Bonchev–Trinajstić information content (AvgIpc) is 3.34. The topological polar surface area (TPSA) is 71.0 Å². The van der Waals surface area contributed by atoms with Crippen molar-refractivity contribution in [1.29, 1.82) is 0 Å². The number of hydrogen-bond acceptors (Lipinski definition) is 8. The number of aromatic nitrogens is 2. The van der Waals surface area contributed by atoms with Gasteiger partial charge in [-0.2, -0.15) is 0 Å². The van der Waals surface area contributed by atoms with Gasteiger partial charge in [0.05, 0.1) is 0 Å². The molecule has 1 fully saturated rings. The summed E-state index contributed by atoms with van der Waals surface area (Å²) < 4.78 is 11.3. The molecule has 0 unspecified atom stereocenters. The lowest BCUT2D eigenvalue weighted by molar-refractivity contribution is 0.0741. The summed E-state index contributed by atoms with van der Waals surface area (Å²) in [4.78, 5) is 28.5. The van der Waals surface area contributed by atoms with Crippen LogP contribution in [0.25, 0.3) is 10.6 Å². The standard InChI is InChI=1S/C24H27N5O3S/c1-27(2)15-17-3-6-22(25-14-17)28-7-9-29(10-8-28)24(30)19-16-33-23(26-19)18-4-5-20-21(13-18)32-12-11-31-20/h3-6,13-14,16H,7-12,15H2,1-2H3. The Labute approximate surface area is 197 Å². The Morgan fingerprint density at radius 1 is 1.06 bits per heavy atom. The van der Waals surface area contributed by atoms with Crippen molar-refractivity contribution in [1.82, 2.24) is 19.8 Å². The van der Waals surface area contributed by atoms with Crippen molar-refractivity contribution in [3.63, 3.8) is 0 Å². The van der Waals surface area contributed by atoms with E-state index < -0.39 is 0 Å². The van der Waals surface area contributed by atoms with E-state index in [1.54, 1.807) is 0 Å². The molecule has 172 valence electrons. The van der Waals surface area contributed by atoms with E-state index in [0.29, 0.717) is 32.0 Å². The Morgan fingerprint density at radius 3 is 2.58 bits per heavy atom. The largest absolute Gasteiger partial charge is 0.486 e. The Balaban J connectivity index is 1.21. The van der Waals surface area contributed by atoms with Gasteiger partial charge in [-0.3, -0.25) is 4.79 Å². The van der Waals surface area contributed by atoms with Crippen LogP contribution in [0, 0.1) is 0 Å². The van der Waals surface area contributed by atoms with E-state index in [2.05, 4.69) is 31.9 Å². The lowest BCUT2D eigenvalue weighted by Crippen LogP contribution is -2.49. The van der Waals surface area contributed by atoms with Gasteiger partial charge in [-0.1, -0.05) is 6.07 Å². The minimum atomic E-state index is -0.0241. The summed E-state index contributed by atoms with van der Waals surface area (Å²) in [6.45, 7) is 4.79. The molecule has 3 aromatic rings. The van der Waals surface area contributed by atoms with E-state index in [0.717, 1.165) is 47.5 Å². The van der Waals surface area contributed by atoms with Crippen LogP contribution in [0.15, 0.2) is 41.9 Å². The number of amides is 1. The fraction of sp³-hybridized carbons (Fsp3) is 0.375. The number of carbonyl (C=O) groups excluding carboxylic acids is 1. The zero-order valence-electron chi connectivity index (χ0n) is 18.9. The van der Waals surface area contributed by atoms with E-state index in [1.165, 1.54) is 16.9 Å². The summed E-state index contributed by atoms with van der Waals surface area (Å²) in [5.41, 5.74) is 2.61. The molecule has 1 saturated heterocycles. The second-order valence-corrected chi connectivity index (χ2v) is 9.30. The van der Waals surface area contributed by atoms with Crippen LogP contribution in [0.5, 0.6) is 11.5 Å². The van der Waals surface area contributed by atoms with Crippen LogP contribution in [0.2, 0.25) is 0 Å². The predicted octanol–water partition coefficient (Wildman–Crippen LogP) is 3.00. The Kier molecular flexibility index (Phi) is 6.15. The van der Waals surface area contributed by atoms with Gasteiger partial charge in [0.1, 0.15) is 29.7 Å². The van der Waals surface area contributed by atoms with Crippen molar-refractivity contribution in [3.8, 4) is 22.1 Å². The fourth-order valence-corrected chi connectivity index (χ4v) is 4.83. The van der Waals surface area contributed by atoms with Crippen molar-refractivity contribution in [2.75, 3.05) is 58.4 Å². The molecule has 8 nitrogen and oxygen atoms in total. The van der Waals surface area contributed by atoms with Gasteiger partial charge >= 0.3 is 0 Å². The number of piperazine rings is 1. The van der Waals surface area contributed by atoms with Crippen LogP contribution in [0.4, 0.5) is 5.82 Å². The average molecular weight is 466 g/mol. The summed E-state index contributed by atoms with van der Waals surface area (Å²) in [5, 5.41) is 2.64. The lowest BCUT2D eigenvalue weighted by atomic mass is 10.2. The number of pyridine rings is 1. The molecule has 0 radical (unpaired) electrons. The van der Waals surface area contributed by atoms with Crippen LogP contribution in [0.1, 0.15) is 16.1 Å². The van der Waals surface area contributed by atoms with E-state index >= 15 is 0 Å². The highest BCUT2D eigenvalue weighted by Gasteiger charge is 2.25. The molecule has 0 aliphatic carbocycles. The summed E-state index contributed by atoms with van der Waals surface area (Å²) in [5.74, 6) is 2.40. The zero-order valence-corrected chi connectivity index (χ0v) is 19.7. The van der Waals surface area contributed by atoms with Crippen molar-refractivity contribution in [2.45, 2.75) is 6.54 Å². The Hall–Kier alpha value is -3.17. The molecule has 1 aromatic carbocycles. The Morgan fingerprint density at radius 2 is 1.85 bits per heavy atom. The monoisotopic (exact) mass is 465 g/mol. The molecule has 9 heteroatoms. The van der Waals surface area contributed by atoms with Crippen molar-refractivity contribution in [2.24, 2.45) is 0 Å². The van der Waals surface area contributed by atoms with Crippen LogP contribution < -0.4 is 14.4 Å². The van der Waals surface area contributed by atoms with Crippen LogP contribution in [-0.2, 0) is 6.54 Å². The van der Waals surface area contributed by atoms with Crippen molar-refractivity contribution < 1.29 is 14.3 Å². The van der Waals surface area contributed by atoms with Crippen LogP contribution in [0.3, 0.4) is 0 Å². The highest BCUT2D eigenvalue weighted by Crippen LogP contribution is 2.35. The van der Waals surface area contributed by atoms with E-state index in [4.69, 9.17) is 9.47 Å². The van der Waals surface area contributed by atoms with E-state index in [9.17, 15) is 4.79 Å². The number of benzene rings is 1. The molecule has 0 bridgehead atoms. The van der Waals surface area contributed by atoms with Gasteiger partial charge in [-0.15, -0.1) is 11.3 Å². The summed E-state index contributed by atoms with van der Waals surface area (Å²) >= 11 is 1.47. The van der Waals surface area contributed by atoms with E-state index in [1.807, 2.05) is 48.8 Å². The Bertz CT molecular complexity index is 1120. The van der Waals surface area contributed by atoms with Crippen LogP contribution >= 0.6 is 11.3 Å². The van der Waals surface area contributed by atoms with Gasteiger partial charge in [-0.05, 0) is 43.9 Å². The number of nitrogens with zero attached hydrogens (tertiary/aromatic N) is 5. The minimum absolute atomic E-state index is 0.0241. The first-order valence-corrected chi connectivity index (χ1v) is 11.9. The lowest BCUT2D eigenvalue weighted by Gasteiger charge is -2.35. The maximum absolute atomic E-state index is 13.1. The molecule has 0 saturated carbocycles. The second kappa shape index (κ2) is 9.36. The van der Waals surface area contributed by atoms with Crippen molar-refractivity contribution in [3.05, 3.63) is 53.2 Å². The smallest absolute Gasteiger partial charge is 0.273 e. The van der Waals surface area contributed by atoms with Gasteiger partial charge in [0.25, 0.3) is 5.91 Å². The summed E-state index contributed by atoms with van der Waals surface area (Å²) in [7, 11) is 4.09. The third kappa shape index (κ3) is 4.79. The maximum atomic E-state index is 13.1. The first-order chi connectivity index (χ1) is 16.1. The third-order valence-electron chi connectivity index (χ3n) is 5.71. The number of rotatable bonds is 5. The number of ether oxygens (including phenoxy) is 2. The second-order valence-electron chi connectivity index (χ2n) is 8.44. The number of fused-ring (bicyclic) bond motifs is 1. The first-order valence-electron chi connectivity index (χ1n) is 11.1. The van der Waals surface area contributed by atoms with E-state index in [-0.39, 0.29) is 5.91 Å². The zero-order chi connectivity index (χ0) is 22.8. The molecule has 2 aromatic heterocycles. The van der Waals surface area contributed by atoms with Crippen LogP contribution in [-0.4, -0.2) is 79.2 Å². The molecule has 5 rings (SSSR count). The molecule has 0 spiro atoms. The molecular formula is C24H27N5O3S. The molecule has 33 heavy (non-hydrogen) atoms. The maximum Gasteiger partial charge on any atom is 0.273 e. The quantitative estimate of drug-likeness (QED) is 0.574. The number of thiazole rings is 1. The van der Waals surface area contributed by atoms with Gasteiger partial charge in [0, 0.05) is 49.9 Å². The summed E-state index contributed by atoms with van der Waals surface area (Å²) in [6.07, 6.45) is 1.93. The van der Waals surface area contributed by atoms with Gasteiger partial charge in [-0.25, -0.2) is 9.97 Å². The number of carbonyl (C=O) groups is 1. The first kappa shape index (κ1) is 21.7. The third-order valence-corrected chi connectivity index (χ3v) is 6.60. The molecule has 4 heterocycles. The SMILES string of the molecule is CN(C)Cc1ccc(N2CCN(C(=O)c3csc(-c4ccc5c(c4)OCCO5)n3)CC2)nc1. The highest BCUT2D eigenvalue weighted by molar-refractivity contribution is 7.13. The number of hydrogen-bond donors (Lipinski definition) is 0. The minimum Gasteiger partial charge on any atom is -0.486 e. The molecule has 1 amide bonds. The van der Waals surface area contributed by atoms with Gasteiger partial charge in [0.2, 0.25) is 0 Å². The van der Waals surface area contributed by atoms with Gasteiger partial charge in [0.15, 0.2) is 11.5 Å². The normalized spacial score (nSPS) is 15.7. The predicted molar refractivity (Wildman–Crippen MR) is 128 cm³/mol. The van der Waals surface area contributed by atoms with Gasteiger partial charge < -0.3 is 24.2 Å². The fourth-order valence-electron chi connectivity index (χ4n) is 4.04. The van der Waals surface area contributed by atoms with Crippen molar-refractivity contribution >= 4 is 23.1 Å². The summed E-state index contributed by atoms with van der Waals surface area (Å²) in [6, 6.07) is 9.96. The molecule has 2 aliphatic heterocycles. The molecule has 2 aliphatic rings. The molecular weight excluding hydrogens is 438 g/mol.